The topological polar surface area (TPSA) is 69.0 Å². The first-order chi connectivity index (χ1) is 9.21. The highest BCUT2D eigenvalue weighted by atomic mass is 16.3. The van der Waals surface area contributed by atoms with Crippen molar-refractivity contribution < 1.29 is 5.11 Å². The van der Waals surface area contributed by atoms with Crippen LogP contribution in [0.15, 0.2) is 65.8 Å². The third kappa shape index (κ3) is 2.32. The van der Waals surface area contributed by atoms with Gasteiger partial charge in [-0.05, 0) is 23.6 Å². The molecule has 1 unspecified atom stereocenters. The summed E-state index contributed by atoms with van der Waals surface area (Å²) >= 11 is 0. The smallest absolute Gasteiger partial charge is 0.124 e. The van der Waals surface area contributed by atoms with Crippen LogP contribution >= 0.6 is 0 Å². The zero-order valence-electron chi connectivity index (χ0n) is 10.6. The van der Waals surface area contributed by atoms with E-state index >= 15 is 0 Å². The maximum Gasteiger partial charge on any atom is 0.124 e. The molecule has 96 valence electrons. The quantitative estimate of drug-likeness (QED) is 0.504. The minimum Gasteiger partial charge on any atom is -0.392 e. The van der Waals surface area contributed by atoms with Crippen LogP contribution < -0.4 is 0 Å². The normalized spacial score (nSPS) is 12.5. The van der Waals surface area contributed by atoms with Crippen LogP contribution in [0.3, 0.4) is 0 Å². The predicted molar refractivity (Wildman–Crippen MR) is 74.5 cm³/mol. The molecule has 0 fully saturated rings. The summed E-state index contributed by atoms with van der Waals surface area (Å²) in [6.45, 7) is 1.63. The number of benzene rings is 2. The molecule has 0 saturated heterocycles. The van der Waals surface area contributed by atoms with E-state index in [1.165, 1.54) is 0 Å². The molecule has 19 heavy (non-hydrogen) atoms. The van der Waals surface area contributed by atoms with E-state index in [9.17, 15) is 5.11 Å². The fourth-order valence-corrected chi connectivity index (χ4v) is 2.30. The van der Waals surface area contributed by atoms with Crippen molar-refractivity contribution in [3.63, 3.8) is 0 Å². The predicted octanol–water partition coefficient (Wildman–Crippen LogP) is 3.62. The first-order valence-electron chi connectivity index (χ1n) is 6.07. The molecule has 0 amide bonds. The lowest BCUT2D eigenvalue weighted by Gasteiger charge is -2.33. The van der Waals surface area contributed by atoms with Crippen molar-refractivity contribution in [2.75, 3.05) is 0 Å². The maximum atomic E-state index is 10.2. The molecule has 0 aromatic heterocycles. The van der Waals surface area contributed by atoms with Crippen molar-refractivity contribution >= 4 is 0 Å². The molecule has 0 spiro atoms. The van der Waals surface area contributed by atoms with Crippen molar-refractivity contribution in [3.8, 4) is 0 Å². The van der Waals surface area contributed by atoms with Gasteiger partial charge in [-0.25, -0.2) is 0 Å². The van der Waals surface area contributed by atoms with E-state index in [4.69, 9.17) is 5.53 Å². The Morgan fingerprint density at radius 2 is 1.42 bits per heavy atom. The van der Waals surface area contributed by atoms with Crippen LogP contribution in [0, 0.1) is 0 Å². The van der Waals surface area contributed by atoms with Crippen LogP contribution in [0.2, 0.25) is 0 Å². The molecule has 1 atom stereocenters. The van der Waals surface area contributed by atoms with Crippen molar-refractivity contribution in [2.24, 2.45) is 5.11 Å². The van der Waals surface area contributed by atoms with E-state index in [-0.39, 0.29) is 0 Å². The molecule has 0 radical (unpaired) electrons. The Morgan fingerprint density at radius 1 is 1.00 bits per heavy atom. The summed E-state index contributed by atoms with van der Waals surface area (Å²) in [5.41, 5.74) is 9.37. The van der Waals surface area contributed by atoms with E-state index in [1.54, 1.807) is 6.92 Å². The van der Waals surface area contributed by atoms with Crippen LogP contribution in [-0.4, -0.2) is 11.2 Å². The summed E-state index contributed by atoms with van der Waals surface area (Å²) in [4.78, 5) is 2.95. The first kappa shape index (κ1) is 13.1. The van der Waals surface area contributed by atoms with Crippen molar-refractivity contribution in [1.29, 1.82) is 0 Å². The third-order valence-corrected chi connectivity index (χ3v) is 3.23. The van der Waals surface area contributed by atoms with Gasteiger partial charge in [0.1, 0.15) is 5.54 Å². The Morgan fingerprint density at radius 3 is 1.74 bits per heavy atom. The Bertz CT molecular complexity index is 535. The Hall–Kier alpha value is -2.29. The van der Waals surface area contributed by atoms with Gasteiger partial charge in [-0.2, -0.15) is 0 Å². The lowest BCUT2D eigenvalue weighted by molar-refractivity contribution is 0.123. The highest BCUT2D eigenvalue weighted by molar-refractivity contribution is 5.40. The summed E-state index contributed by atoms with van der Waals surface area (Å²) in [5.74, 6) is 0. The largest absolute Gasteiger partial charge is 0.392 e. The van der Waals surface area contributed by atoms with Gasteiger partial charge in [0, 0.05) is 4.91 Å². The van der Waals surface area contributed by atoms with Gasteiger partial charge in [0.2, 0.25) is 0 Å². The van der Waals surface area contributed by atoms with Crippen LogP contribution in [0.5, 0.6) is 0 Å². The molecular formula is C15H15N3O. The number of azide groups is 1. The Balaban J connectivity index is 2.72. The zero-order chi connectivity index (χ0) is 13.7. The maximum absolute atomic E-state index is 10.2. The van der Waals surface area contributed by atoms with Crippen LogP contribution in [0.25, 0.3) is 10.4 Å². The number of hydrogen-bond acceptors (Lipinski definition) is 2. The molecule has 0 aliphatic rings. The van der Waals surface area contributed by atoms with Crippen LogP contribution in [-0.2, 0) is 5.54 Å². The second kappa shape index (κ2) is 5.57. The molecule has 2 aromatic carbocycles. The van der Waals surface area contributed by atoms with Gasteiger partial charge in [0.25, 0.3) is 0 Å². The lowest BCUT2D eigenvalue weighted by atomic mass is 9.79. The molecule has 0 heterocycles. The summed E-state index contributed by atoms with van der Waals surface area (Å²) in [6, 6.07) is 18.6. The molecule has 0 aliphatic heterocycles. The van der Waals surface area contributed by atoms with Gasteiger partial charge in [-0.15, -0.1) is 0 Å². The molecule has 1 N–H and O–H groups in total. The molecular weight excluding hydrogens is 238 g/mol. The second-order valence-corrected chi connectivity index (χ2v) is 4.36. The summed E-state index contributed by atoms with van der Waals surface area (Å²) < 4.78 is 0. The molecule has 4 nitrogen and oxygen atoms in total. The van der Waals surface area contributed by atoms with Crippen molar-refractivity contribution in [2.45, 2.75) is 18.6 Å². The number of aliphatic hydroxyl groups is 1. The molecule has 2 aromatic rings. The molecule has 2 rings (SSSR count). The van der Waals surface area contributed by atoms with Gasteiger partial charge in [0.15, 0.2) is 0 Å². The van der Waals surface area contributed by atoms with Crippen molar-refractivity contribution in [3.05, 3.63) is 82.2 Å². The van der Waals surface area contributed by atoms with Crippen LogP contribution in [0.1, 0.15) is 18.1 Å². The summed E-state index contributed by atoms with van der Waals surface area (Å²) in [5, 5.41) is 14.2. The number of nitrogens with zero attached hydrogens (tertiary/aromatic N) is 3. The molecule has 0 aliphatic carbocycles. The second-order valence-electron chi connectivity index (χ2n) is 4.36. The van der Waals surface area contributed by atoms with Gasteiger partial charge >= 0.3 is 0 Å². The Kier molecular flexibility index (Phi) is 3.85. The molecule has 0 bridgehead atoms. The monoisotopic (exact) mass is 253 g/mol. The van der Waals surface area contributed by atoms with Gasteiger partial charge in [0.05, 0.1) is 6.10 Å². The van der Waals surface area contributed by atoms with Gasteiger partial charge in [-0.3, -0.25) is 0 Å². The fourth-order valence-electron chi connectivity index (χ4n) is 2.30. The average molecular weight is 253 g/mol. The molecule has 4 heteroatoms. The first-order valence-corrected chi connectivity index (χ1v) is 6.07. The minimum atomic E-state index is -1.10. The standard InChI is InChI=1S/C15H15N3O/c1-12(19)15(17-18-16,13-8-4-2-5-9-13)14-10-6-3-7-11-14/h2-12,19H,1H3. The van der Waals surface area contributed by atoms with Crippen LogP contribution in [0.4, 0.5) is 0 Å². The highest BCUT2D eigenvalue weighted by Crippen LogP contribution is 2.37. The lowest BCUT2D eigenvalue weighted by Crippen LogP contribution is -2.36. The fraction of sp³-hybridized carbons (Fsp3) is 0.200. The van der Waals surface area contributed by atoms with E-state index in [1.807, 2.05) is 60.7 Å². The summed E-state index contributed by atoms with van der Waals surface area (Å²) in [7, 11) is 0. The van der Waals surface area contributed by atoms with E-state index in [2.05, 4.69) is 10.0 Å². The minimum absolute atomic E-state index is 0.772. The highest BCUT2D eigenvalue weighted by Gasteiger charge is 2.38. The molecule has 0 saturated carbocycles. The number of hydrogen-bond donors (Lipinski definition) is 1. The van der Waals surface area contributed by atoms with E-state index in [0.29, 0.717) is 0 Å². The van der Waals surface area contributed by atoms with Gasteiger partial charge in [-0.1, -0.05) is 65.8 Å². The third-order valence-electron chi connectivity index (χ3n) is 3.23. The van der Waals surface area contributed by atoms with E-state index < -0.39 is 11.6 Å². The Labute approximate surface area is 112 Å². The SMILES string of the molecule is CC(O)C(N=[N+]=[N-])(c1ccccc1)c1ccccc1. The number of aliphatic hydroxyl groups excluding tert-OH is 1. The zero-order valence-corrected chi connectivity index (χ0v) is 10.6. The summed E-state index contributed by atoms with van der Waals surface area (Å²) in [6.07, 6.45) is -0.840. The van der Waals surface area contributed by atoms with Crippen molar-refractivity contribution in [1.82, 2.24) is 0 Å². The number of rotatable bonds is 4. The van der Waals surface area contributed by atoms with Gasteiger partial charge < -0.3 is 5.11 Å². The van der Waals surface area contributed by atoms with E-state index in [0.717, 1.165) is 11.1 Å². The average Bonchev–Trinajstić information content (AvgIpc) is 2.46.